The smallest absolute Gasteiger partial charge is 0.262 e. The second-order valence-corrected chi connectivity index (χ2v) is 8.11. The van der Waals surface area contributed by atoms with Gasteiger partial charge < -0.3 is 9.64 Å². The molecule has 0 atom stereocenters. The molecule has 8 nitrogen and oxygen atoms in total. The van der Waals surface area contributed by atoms with Crippen LogP contribution in [0.5, 0.6) is 5.75 Å². The maximum Gasteiger partial charge on any atom is 0.262 e. The normalized spacial score (nSPS) is 15.1. The van der Waals surface area contributed by atoms with Gasteiger partial charge in [0, 0.05) is 38.9 Å². The van der Waals surface area contributed by atoms with Crippen LogP contribution in [-0.2, 0) is 13.7 Å². The average molecular weight is 437 g/mol. The van der Waals surface area contributed by atoms with Crippen LogP contribution in [0.2, 0.25) is 0 Å². The van der Waals surface area contributed by atoms with Gasteiger partial charge in [0.15, 0.2) is 0 Å². The number of benzene rings is 2. The highest BCUT2D eigenvalue weighted by atomic mass is 32.1. The van der Waals surface area contributed by atoms with E-state index in [1.165, 1.54) is 5.69 Å². The van der Waals surface area contributed by atoms with E-state index in [-0.39, 0.29) is 5.56 Å². The number of methoxy groups -OCH3 is 1. The van der Waals surface area contributed by atoms with Gasteiger partial charge in [-0.1, -0.05) is 12.1 Å². The standard InChI is InChI=1S/C22H24N6O2S/c1-24-20(29)18-5-3-4-6-19(18)28-21(24)23-27(22(28)31)15-25-11-13-26(14-12-25)16-7-9-17(30-2)10-8-16/h3-10H,11-15H2,1-2H3. The van der Waals surface area contributed by atoms with Crippen molar-refractivity contribution < 1.29 is 4.74 Å². The maximum atomic E-state index is 12.7. The van der Waals surface area contributed by atoms with Crippen LogP contribution in [0.1, 0.15) is 0 Å². The monoisotopic (exact) mass is 436 g/mol. The Labute approximate surface area is 184 Å². The average Bonchev–Trinajstić information content (AvgIpc) is 3.14. The zero-order chi connectivity index (χ0) is 21.5. The number of hydrogen-bond donors (Lipinski definition) is 0. The molecule has 4 aromatic rings. The molecular weight excluding hydrogens is 412 g/mol. The minimum atomic E-state index is -0.0663. The van der Waals surface area contributed by atoms with E-state index in [0.717, 1.165) is 37.4 Å². The summed E-state index contributed by atoms with van der Waals surface area (Å²) in [5, 5.41) is 5.32. The van der Waals surface area contributed by atoms with Gasteiger partial charge in [-0.3, -0.25) is 18.7 Å². The lowest BCUT2D eigenvalue weighted by atomic mass is 10.2. The number of fused-ring (bicyclic) bond motifs is 3. The van der Waals surface area contributed by atoms with Crippen molar-refractivity contribution in [2.75, 3.05) is 38.2 Å². The molecule has 0 radical (unpaired) electrons. The molecule has 0 N–H and O–H groups in total. The van der Waals surface area contributed by atoms with Crippen LogP contribution >= 0.6 is 12.2 Å². The van der Waals surface area contributed by atoms with Crippen molar-refractivity contribution in [3.8, 4) is 5.75 Å². The molecule has 0 bridgehead atoms. The van der Waals surface area contributed by atoms with Crippen molar-refractivity contribution in [3.05, 3.63) is 63.7 Å². The van der Waals surface area contributed by atoms with E-state index in [1.807, 2.05) is 45.5 Å². The zero-order valence-corrected chi connectivity index (χ0v) is 18.4. The summed E-state index contributed by atoms with van der Waals surface area (Å²) in [6.45, 7) is 4.26. The summed E-state index contributed by atoms with van der Waals surface area (Å²) < 4.78 is 11.1. The Bertz CT molecular complexity index is 1360. The second-order valence-electron chi connectivity index (χ2n) is 7.74. The highest BCUT2D eigenvalue weighted by Crippen LogP contribution is 2.21. The van der Waals surface area contributed by atoms with Gasteiger partial charge in [0.2, 0.25) is 10.5 Å². The third-order valence-electron chi connectivity index (χ3n) is 5.95. The van der Waals surface area contributed by atoms with Crippen molar-refractivity contribution in [3.63, 3.8) is 0 Å². The highest BCUT2D eigenvalue weighted by molar-refractivity contribution is 7.71. The van der Waals surface area contributed by atoms with E-state index in [2.05, 4.69) is 27.0 Å². The molecule has 0 unspecified atom stereocenters. The summed E-state index contributed by atoms with van der Waals surface area (Å²) >= 11 is 5.75. The molecule has 0 aliphatic carbocycles. The molecule has 1 aliphatic rings. The number of piperazine rings is 1. The topological polar surface area (TPSA) is 59.9 Å². The highest BCUT2D eigenvalue weighted by Gasteiger charge is 2.20. The van der Waals surface area contributed by atoms with Crippen molar-refractivity contribution in [1.29, 1.82) is 0 Å². The van der Waals surface area contributed by atoms with Crippen LogP contribution in [0.3, 0.4) is 0 Å². The predicted octanol–water partition coefficient (Wildman–Crippen LogP) is 2.51. The molecule has 2 aromatic carbocycles. The number of para-hydroxylation sites is 1. The van der Waals surface area contributed by atoms with E-state index >= 15 is 0 Å². The lowest BCUT2D eigenvalue weighted by Gasteiger charge is -2.35. The largest absolute Gasteiger partial charge is 0.497 e. The fraction of sp³-hybridized carbons (Fsp3) is 0.318. The zero-order valence-electron chi connectivity index (χ0n) is 17.6. The van der Waals surface area contributed by atoms with Crippen LogP contribution in [0, 0.1) is 4.77 Å². The second kappa shape index (κ2) is 7.82. The van der Waals surface area contributed by atoms with Crippen LogP contribution in [0.25, 0.3) is 16.7 Å². The number of ether oxygens (including phenoxy) is 1. The summed E-state index contributed by atoms with van der Waals surface area (Å²) in [5.41, 5.74) is 1.93. The summed E-state index contributed by atoms with van der Waals surface area (Å²) in [7, 11) is 3.42. The molecule has 3 heterocycles. The van der Waals surface area contributed by atoms with E-state index in [1.54, 1.807) is 18.7 Å². The number of aromatic nitrogens is 4. The molecular formula is C22H24N6O2S. The van der Waals surface area contributed by atoms with Gasteiger partial charge in [0.05, 0.1) is 24.7 Å². The van der Waals surface area contributed by atoms with Crippen molar-refractivity contribution in [1.82, 2.24) is 23.6 Å². The van der Waals surface area contributed by atoms with E-state index in [4.69, 9.17) is 17.0 Å². The van der Waals surface area contributed by atoms with Crippen LogP contribution in [0.4, 0.5) is 5.69 Å². The fourth-order valence-corrected chi connectivity index (χ4v) is 4.45. The van der Waals surface area contributed by atoms with Gasteiger partial charge in [0.1, 0.15) is 5.75 Å². The minimum absolute atomic E-state index is 0.0663. The molecule has 31 heavy (non-hydrogen) atoms. The SMILES string of the molecule is COc1ccc(N2CCN(Cn3nc4n(C)c(=O)c5ccccc5n4c3=S)CC2)cc1. The molecule has 2 aromatic heterocycles. The molecule has 0 amide bonds. The third kappa shape index (κ3) is 3.39. The summed E-state index contributed by atoms with van der Waals surface area (Å²) in [6, 6.07) is 15.7. The summed E-state index contributed by atoms with van der Waals surface area (Å²) in [4.78, 5) is 17.4. The number of rotatable bonds is 4. The number of nitrogens with zero attached hydrogens (tertiary/aromatic N) is 6. The quantitative estimate of drug-likeness (QED) is 0.458. The molecule has 5 rings (SSSR count). The Kier molecular flexibility index (Phi) is 4.99. The van der Waals surface area contributed by atoms with E-state index in [0.29, 0.717) is 22.6 Å². The Morgan fingerprint density at radius 2 is 1.74 bits per heavy atom. The minimum Gasteiger partial charge on any atom is -0.497 e. The maximum absolute atomic E-state index is 12.7. The van der Waals surface area contributed by atoms with Crippen molar-refractivity contribution in [2.45, 2.75) is 6.67 Å². The van der Waals surface area contributed by atoms with Crippen molar-refractivity contribution >= 4 is 34.6 Å². The Morgan fingerprint density at radius 3 is 2.45 bits per heavy atom. The fourth-order valence-electron chi connectivity index (χ4n) is 4.17. The molecule has 1 saturated heterocycles. The number of hydrogen-bond acceptors (Lipinski definition) is 6. The van der Waals surface area contributed by atoms with Crippen LogP contribution in [0.15, 0.2) is 53.3 Å². The van der Waals surface area contributed by atoms with Crippen molar-refractivity contribution in [2.24, 2.45) is 7.05 Å². The predicted molar refractivity (Wildman–Crippen MR) is 124 cm³/mol. The molecule has 0 saturated carbocycles. The third-order valence-corrected chi connectivity index (χ3v) is 6.34. The van der Waals surface area contributed by atoms with Gasteiger partial charge in [0.25, 0.3) is 5.56 Å². The molecule has 0 spiro atoms. The first kappa shape index (κ1) is 19.8. The van der Waals surface area contributed by atoms with Gasteiger partial charge in [-0.25, -0.2) is 4.68 Å². The van der Waals surface area contributed by atoms with Crippen LogP contribution < -0.4 is 15.2 Å². The first-order valence-electron chi connectivity index (χ1n) is 10.3. The van der Waals surface area contributed by atoms with Gasteiger partial charge in [-0.15, -0.1) is 5.10 Å². The summed E-state index contributed by atoms with van der Waals surface area (Å²) in [6.07, 6.45) is 0. The van der Waals surface area contributed by atoms with Gasteiger partial charge in [-0.2, -0.15) is 0 Å². The van der Waals surface area contributed by atoms with E-state index in [9.17, 15) is 4.79 Å². The molecule has 1 fully saturated rings. The lowest BCUT2D eigenvalue weighted by molar-refractivity contribution is 0.194. The first-order valence-corrected chi connectivity index (χ1v) is 10.7. The van der Waals surface area contributed by atoms with E-state index < -0.39 is 0 Å². The van der Waals surface area contributed by atoms with Gasteiger partial charge >= 0.3 is 0 Å². The lowest BCUT2D eigenvalue weighted by Crippen LogP contribution is -2.47. The Morgan fingerprint density at radius 1 is 1.03 bits per heavy atom. The Balaban J connectivity index is 1.38. The molecule has 160 valence electrons. The first-order chi connectivity index (χ1) is 15.1. The van der Waals surface area contributed by atoms with Crippen LogP contribution in [-0.4, -0.2) is 56.9 Å². The molecule has 9 heteroatoms. The number of aryl methyl sites for hydroxylation is 1. The Hall–Kier alpha value is -3.17. The number of anilines is 1. The van der Waals surface area contributed by atoms with Gasteiger partial charge in [-0.05, 0) is 48.6 Å². The summed E-state index contributed by atoms with van der Waals surface area (Å²) in [5.74, 6) is 1.43. The molecule has 1 aliphatic heterocycles.